The SMILES string of the molecule is COC1CCN(Cc2csc(-c3ccc(C(F)(F)F)cc3)n2)CC1. The van der Waals surface area contributed by atoms with Crippen LogP contribution in [0.4, 0.5) is 13.2 Å². The molecule has 0 radical (unpaired) electrons. The van der Waals surface area contributed by atoms with Crippen LogP contribution in [-0.4, -0.2) is 36.2 Å². The van der Waals surface area contributed by atoms with E-state index < -0.39 is 11.7 Å². The van der Waals surface area contributed by atoms with Gasteiger partial charge < -0.3 is 4.74 Å². The molecular weight excluding hydrogens is 337 g/mol. The van der Waals surface area contributed by atoms with E-state index in [-0.39, 0.29) is 0 Å². The predicted molar refractivity (Wildman–Crippen MR) is 87.9 cm³/mol. The van der Waals surface area contributed by atoms with Gasteiger partial charge in [-0.05, 0) is 25.0 Å². The van der Waals surface area contributed by atoms with Crippen LogP contribution in [0.5, 0.6) is 0 Å². The molecule has 0 unspecified atom stereocenters. The van der Waals surface area contributed by atoms with E-state index in [2.05, 4.69) is 9.88 Å². The first-order chi connectivity index (χ1) is 11.5. The third-order valence-corrected chi connectivity index (χ3v) is 5.20. The molecule has 1 aromatic heterocycles. The smallest absolute Gasteiger partial charge is 0.381 e. The number of rotatable bonds is 4. The highest BCUT2D eigenvalue weighted by molar-refractivity contribution is 7.13. The number of nitrogens with zero attached hydrogens (tertiary/aromatic N) is 2. The molecule has 0 saturated carbocycles. The van der Waals surface area contributed by atoms with Gasteiger partial charge in [0.25, 0.3) is 0 Å². The number of methoxy groups -OCH3 is 1. The van der Waals surface area contributed by atoms with Crippen molar-refractivity contribution in [1.29, 1.82) is 0 Å². The van der Waals surface area contributed by atoms with Gasteiger partial charge in [-0.2, -0.15) is 13.2 Å². The molecule has 2 heterocycles. The largest absolute Gasteiger partial charge is 0.416 e. The average Bonchev–Trinajstić information content (AvgIpc) is 3.03. The van der Waals surface area contributed by atoms with Crippen molar-refractivity contribution < 1.29 is 17.9 Å². The van der Waals surface area contributed by atoms with Crippen LogP contribution >= 0.6 is 11.3 Å². The van der Waals surface area contributed by atoms with Gasteiger partial charge in [-0.15, -0.1) is 11.3 Å². The van der Waals surface area contributed by atoms with E-state index in [1.165, 1.54) is 23.5 Å². The molecule has 0 bridgehead atoms. The van der Waals surface area contributed by atoms with Gasteiger partial charge in [0, 0.05) is 37.7 Å². The van der Waals surface area contributed by atoms with E-state index in [0.717, 1.165) is 60.9 Å². The zero-order valence-electron chi connectivity index (χ0n) is 13.3. The summed E-state index contributed by atoms with van der Waals surface area (Å²) in [5, 5.41) is 2.74. The zero-order chi connectivity index (χ0) is 17.2. The predicted octanol–water partition coefficient (Wildman–Crippen LogP) is 4.44. The van der Waals surface area contributed by atoms with Crippen molar-refractivity contribution >= 4 is 11.3 Å². The second kappa shape index (κ2) is 7.21. The van der Waals surface area contributed by atoms with E-state index in [0.29, 0.717) is 6.10 Å². The van der Waals surface area contributed by atoms with Gasteiger partial charge in [0.05, 0.1) is 17.4 Å². The summed E-state index contributed by atoms with van der Waals surface area (Å²) in [5.74, 6) is 0. The number of ether oxygens (including phenoxy) is 1. The van der Waals surface area contributed by atoms with E-state index >= 15 is 0 Å². The van der Waals surface area contributed by atoms with Gasteiger partial charge in [-0.25, -0.2) is 4.98 Å². The minimum absolute atomic E-state index is 0.347. The molecule has 0 spiro atoms. The molecule has 3 nitrogen and oxygen atoms in total. The monoisotopic (exact) mass is 356 g/mol. The Kier molecular flexibility index (Phi) is 5.22. The van der Waals surface area contributed by atoms with E-state index in [1.807, 2.05) is 5.38 Å². The van der Waals surface area contributed by atoms with Crippen molar-refractivity contribution in [2.75, 3.05) is 20.2 Å². The molecule has 1 aliphatic rings. The molecule has 7 heteroatoms. The fourth-order valence-corrected chi connectivity index (χ4v) is 3.66. The normalized spacial score (nSPS) is 17.3. The summed E-state index contributed by atoms with van der Waals surface area (Å²) in [7, 11) is 1.75. The van der Waals surface area contributed by atoms with Crippen LogP contribution in [0.15, 0.2) is 29.6 Å². The van der Waals surface area contributed by atoms with Crippen molar-refractivity contribution in [2.24, 2.45) is 0 Å². The first-order valence-corrected chi connectivity index (χ1v) is 8.71. The van der Waals surface area contributed by atoms with Crippen LogP contribution in [0.3, 0.4) is 0 Å². The second-order valence-electron chi connectivity index (χ2n) is 5.93. The number of halogens is 3. The van der Waals surface area contributed by atoms with Crippen LogP contribution in [0, 0.1) is 0 Å². The highest BCUT2D eigenvalue weighted by Crippen LogP contribution is 2.32. The lowest BCUT2D eigenvalue weighted by Gasteiger charge is -2.30. The van der Waals surface area contributed by atoms with Crippen LogP contribution in [-0.2, 0) is 17.5 Å². The number of likely N-dealkylation sites (tertiary alicyclic amines) is 1. The van der Waals surface area contributed by atoms with Crippen LogP contribution in [0.25, 0.3) is 10.6 Å². The number of piperidine rings is 1. The Morgan fingerprint density at radius 1 is 1.21 bits per heavy atom. The molecule has 2 aromatic rings. The lowest BCUT2D eigenvalue weighted by Crippen LogP contribution is -2.36. The molecule has 3 rings (SSSR count). The lowest BCUT2D eigenvalue weighted by atomic mass is 10.1. The van der Waals surface area contributed by atoms with Crippen molar-refractivity contribution in [1.82, 2.24) is 9.88 Å². The van der Waals surface area contributed by atoms with E-state index in [4.69, 9.17) is 4.74 Å². The summed E-state index contributed by atoms with van der Waals surface area (Å²) in [6.45, 7) is 2.73. The number of hydrogen-bond acceptors (Lipinski definition) is 4. The molecule has 1 saturated heterocycles. The molecular formula is C17H19F3N2OS. The molecule has 0 amide bonds. The maximum atomic E-state index is 12.6. The molecule has 0 N–H and O–H groups in total. The highest BCUT2D eigenvalue weighted by Gasteiger charge is 2.30. The number of thiazole rings is 1. The molecule has 1 aliphatic heterocycles. The summed E-state index contributed by atoms with van der Waals surface area (Å²) in [6.07, 6.45) is -1.92. The van der Waals surface area contributed by atoms with Gasteiger partial charge in [0.1, 0.15) is 5.01 Å². The Morgan fingerprint density at radius 3 is 2.46 bits per heavy atom. The van der Waals surface area contributed by atoms with Crippen molar-refractivity contribution in [3.8, 4) is 10.6 Å². The standard InChI is InChI=1S/C17H19F3N2OS/c1-23-15-6-8-22(9-7-15)10-14-11-24-16(21-14)12-2-4-13(5-3-12)17(18,19)20/h2-5,11,15H,6-10H2,1H3. The molecule has 24 heavy (non-hydrogen) atoms. The zero-order valence-corrected chi connectivity index (χ0v) is 14.2. The van der Waals surface area contributed by atoms with Crippen molar-refractivity contribution in [2.45, 2.75) is 31.7 Å². The number of hydrogen-bond donors (Lipinski definition) is 0. The minimum atomic E-state index is -4.30. The fourth-order valence-electron chi connectivity index (χ4n) is 2.85. The van der Waals surface area contributed by atoms with Gasteiger partial charge >= 0.3 is 6.18 Å². The number of aromatic nitrogens is 1. The van der Waals surface area contributed by atoms with Crippen LogP contribution in [0.2, 0.25) is 0 Å². The Labute approximate surface area is 143 Å². The molecule has 1 fully saturated rings. The molecule has 0 aliphatic carbocycles. The Balaban J connectivity index is 1.63. The number of alkyl halides is 3. The summed E-state index contributed by atoms with van der Waals surface area (Å²) in [6, 6.07) is 5.17. The van der Waals surface area contributed by atoms with Gasteiger partial charge in [-0.1, -0.05) is 12.1 Å². The van der Waals surface area contributed by atoms with Gasteiger partial charge in [0.15, 0.2) is 0 Å². The fraction of sp³-hybridized carbons (Fsp3) is 0.471. The Bertz CT molecular complexity index is 661. The third kappa shape index (κ3) is 4.15. The van der Waals surface area contributed by atoms with E-state index in [1.54, 1.807) is 7.11 Å². The van der Waals surface area contributed by atoms with Gasteiger partial charge in [-0.3, -0.25) is 4.90 Å². The quantitative estimate of drug-likeness (QED) is 0.810. The van der Waals surface area contributed by atoms with Crippen LogP contribution in [0.1, 0.15) is 24.1 Å². The Morgan fingerprint density at radius 2 is 1.88 bits per heavy atom. The second-order valence-corrected chi connectivity index (χ2v) is 6.79. The maximum Gasteiger partial charge on any atom is 0.416 e. The number of benzene rings is 1. The summed E-state index contributed by atoms with van der Waals surface area (Å²) < 4.78 is 43.2. The van der Waals surface area contributed by atoms with Gasteiger partial charge in [0.2, 0.25) is 0 Å². The summed E-state index contributed by atoms with van der Waals surface area (Å²) in [5.41, 5.74) is 1.05. The molecule has 1 aromatic carbocycles. The maximum absolute atomic E-state index is 12.6. The third-order valence-electron chi connectivity index (χ3n) is 4.26. The van der Waals surface area contributed by atoms with Crippen molar-refractivity contribution in [3.63, 3.8) is 0 Å². The Hall–Kier alpha value is -1.44. The molecule has 0 atom stereocenters. The highest BCUT2D eigenvalue weighted by atomic mass is 32.1. The molecule has 130 valence electrons. The first kappa shape index (κ1) is 17.4. The van der Waals surface area contributed by atoms with Crippen molar-refractivity contribution in [3.05, 3.63) is 40.9 Å². The van der Waals surface area contributed by atoms with E-state index in [9.17, 15) is 13.2 Å². The lowest BCUT2D eigenvalue weighted by molar-refractivity contribution is -0.137. The summed E-state index contributed by atoms with van der Waals surface area (Å²) >= 11 is 1.47. The average molecular weight is 356 g/mol. The minimum Gasteiger partial charge on any atom is -0.381 e. The van der Waals surface area contributed by atoms with Crippen LogP contribution < -0.4 is 0 Å². The topological polar surface area (TPSA) is 25.4 Å². The first-order valence-electron chi connectivity index (χ1n) is 7.83. The summed E-state index contributed by atoms with van der Waals surface area (Å²) in [4.78, 5) is 6.90.